The number of rotatable bonds is 5. The summed E-state index contributed by atoms with van der Waals surface area (Å²) in [7, 11) is 0. The number of para-hydroxylation sites is 1. The van der Waals surface area contributed by atoms with Crippen LogP contribution in [0.25, 0.3) is 0 Å². The number of anilines is 2. The zero-order valence-electron chi connectivity index (χ0n) is 15.0. The van der Waals surface area contributed by atoms with E-state index in [1.807, 2.05) is 36.4 Å². The number of hydrogen-bond donors (Lipinski definition) is 2. The molecule has 7 heteroatoms. The summed E-state index contributed by atoms with van der Waals surface area (Å²) in [4.78, 5) is 28.4. The van der Waals surface area contributed by atoms with Gasteiger partial charge < -0.3 is 15.5 Å². The van der Waals surface area contributed by atoms with Crippen LogP contribution in [0.3, 0.4) is 0 Å². The number of carbonyl (C=O) groups excluding carboxylic acids is 2. The van der Waals surface area contributed by atoms with Crippen molar-refractivity contribution in [1.29, 1.82) is 0 Å². The standard InChI is InChI=1S/C20H23ClN4O2/c21-16-5-4-8-18(15-16)23-20(27)25-13-11-24(12-14-25)10-9-19(26)22-17-6-2-1-3-7-17/h1-8,15H,9-14H2,(H,22,26)(H,23,27). The molecule has 0 spiro atoms. The number of hydrogen-bond acceptors (Lipinski definition) is 3. The first-order chi connectivity index (χ1) is 13.1. The van der Waals surface area contributed by atoms with Crippen LogP contribution in [0.1, 0.15) is 6.42 Å². The number of halogens is 1. The van der Waals surface area contributed by atoms with E-state index in [1.165, 1.54) is 0 Å². The maximum absolute atomic E-state index is 12.3. The molecule has 27 heavy (non-hydrogen) atoms. The van der Waals surface area contributed by atoms with Crippen LogP contribution in [0.4, 0.5) is 16.2 Å². The minimum atomic E-state index is -0.126. The number of nitrogens with zero attached hydrogens (tertiary/aromatic N) is 2. The van der Waals surface area contributed by atoms with Crippen molar-refractivity contribution in [3.05, 3.63) is 59.6 Å². The van der Waals surface area contributed by atoms with Crippen molar-refractivity contribution in [2.75, 3.05) is 43.4 Å². The Morgan fingerprint density at radius 3 is 2.30 bits per heavy atom. The Morgan fingerprint density at radius 2 is 1.59 bits per heavy atom. The number of urea groups is 1. The van der Waals surface area contributed by atoms with E-state index < -0.39 is 0 Å². The zero-order valence-corrected chi connectivity index (χ0v) is 15.8. The highest BCUT2D eigenvalue weighted by Crippen LogP contribution is 2.16. The molecule has 1 fully saturated rings. The van der Waals surface area contributed by atoms with Crippen LogP contribution in [0.2, 0.25) is 5.02 Å². The molecule has 0 bridgehead atoms. The highest BCUT2D eigenvalue weighted by Gasteiger charge is 2.21. The third-order valence-corrected chi connectivity index (χ3v) is 4.68. The number of piperazine rings is 1. The van der Waals surface area contributed by atoms with Gasteiger partial charge in [0.1, 0.15) is 0 Å². The molecule has 0 unspecified atom stereocenters. The van der Waals surface area contributed by atoms with Crippen LogP contribution in [0.5, 0.6) is 0 Å². The SMILES string of the molecule is O=C(CCN1CCN(C(=O)Nc2cccc(Cl)c2)CC1)Nc1ccccc1. The molecule has 2 aromatic rings. The van der Waals surface area contributed by atoms with Gasteiger partial charge in [-0.05, 0) is 30.3 Å². The summed E-state index contributed by atoms with van der Waals surface area (Å²) in [5.41, 5.74) is 1.50. The molecule has 0 atom stereocenters. The van der Waals surface area contributed by atoms with E-state index in [0.717, 1.165) is 18.8 Å². The molecule has 3 rings (SSSR count). The number of nitrogens with one attached hydrogen (secondary N) is 2. The molecular weight excluding hydrogens is 364 g/mol. The van der Waals surface area contributed by atoms with Crippen molar-refractivity contribution in [1.82, 2.24) is 9.80 Å². The molecule has 0 radical (unpaired) electrons. The van der Waals surface area contributed by atoms with E-state index in [0.29, 0.717) is 36.8 Å². The second kappa shape index (κ2) is 9.39. The fourth-order valence-electron chi connectivity index (χ4n) is 2.95. The molecule has 0 aliphatic carbocycles. The summed E-state index contributed by atoms with van der Waals surface area (Å²) >= 11 is 5.94. The highest BCUT2D eigenvalue weighted by atomic mass is 35.5. The van der Waals surface area contributed by atoms with Gasteiger partial charge in [0.25, 0.3) is 0 Å². The first kappa shape index (κ1) is 19.2. The molecule has 1 saturated heterocycles. The summed E-state index contributed by atoms with van der Waals surface area (Å²) < 4.78 is 0. The lowest BCUT2D eigenvalue weighted by Gasteiger charge is -2.34. The summed E-state index contributed by atoms with van der Waals surface area (Å²) in [6.07, 6.45) is 0.434. The third-order valence-electron chi connectivity index (χ3n) is 4.45. The van der Waals surface area contributed by atoms with Crippen LogP contribution in [-0.2, 0) is 4.79 Å². The van der Waals surface area contributed by atoms with Crippen molar-refractivity contribution >= 4 is 34.9 Å². The Morgan fingerprint density at radius 1 is 0.889 bits per heavy atom. The van der Waals surface area contributed by atoms with Gasteiger partial charge in [0.05, 0.1) is 0 Å². The van der Waals surface area contributed by atoms with E-state index >= 15 is 0 Å². The molecule has 0 saturated carbocycles. The van der Waals surface area contributed by atoms with Crippen LogP contribution >= 0.6 is 11.6 Å². The van der Waals surface area contributed by atoms with Crippen LogP contribution in [0.15, 0.2) is 54.6 Å². The minimum Gasteiger partial charge on any atom is -0.326 e. The van der Waals surface area contributed by atoms with E-state index in [2.05, 4.69) is 15.5 Å². The van der Waals surface area contributed by atoms with Crippen LogP contribution in [-0.4, -0.2) is 54.5 Å². The fourth-order valence-corrected chi connectivity index (χ4v) is 3.14. The Bertz CT molecular complexity index is 777. The van der Waals surface area contributed by atoms with E-state index in [4.69, 9.17) is 11.6 Å². The monoisotopic (exact) mass is 386 g/mol. The Balaban J connectivity index is 1.38. The average Bonchev–Trinajstić information content (AvgIpc) is 2.67. The average molecular weight is 387 g/mol. The Kier molecular flexibility index (Phi) is 6.68. The topological polar surface area (TPSA) is 64.7 Å². The highest BCUT2D eigenvalue weighted by molar-refractivity contribution is 6.30. The van der Waals surface area contributed by atoms with E-state index in [9.17, 15) is 9.59 Å². The van der Waals surface area contributed by atoms with Gasteiger partial charge in [-0.1, -0.05) is 35.9 Å². The van der Waals surface area contributed by atoms with Crippen LogP contribution in [0, 0.1) is 0 Å². The fraction of sp³-hybridized carbons (Fsp3) is 0.300. The van der Waals surface area contributed by atoms with Crippen LogP contribution < -0.4 is 10.6 Å². The molecule has 2 N–H and O–H groups in total. The van der Waals surface area contributed by atoms with Gasteiger partial charge in [-0.15, -0.1) is 0 Å². The minimum absolute atomic E-state index is 0.00216. The first-order valence-corrected chi connectivity index (χ1v) is 9.37. The van der Waals surface area contributed by atoms with Gasteiger partial charge in [-0.2, -0.15) is 0 Å². The van der Waals surface area contributed by atoms with Gasteiger partial charge in [-0.3, -0.25) is 9.69 Å². The predicted molar refractivity (Wildman–Crippen MR) is 108 cm³/mol. The summed E-state index contributed by atoms with van der Waals surface area (Å²) in [5, 5.41) is 6.34. The van der Waals surface area contributed by atoms with Gasteiger partial charge in [0.15, 0.2) is 0 Å². The molecule has 142 valence electrons. The first-order valence-electron chi connectivity index (χ1n) is 8.99. The largest absolute Gasteiger partial charge is 0.326 e. The van der Waals surface area contributed by atoms with Gasteiger partial charge in [0.2, 0.25) is 5.91 Å². The van der Waals surface area contributed by atoms with Crippen molar-refractivity contribution in [3.8, 4) is 0 Å². The van der Waals surface area contributed by atoms with Crippen molar-refractivity contribution in [2.24, 2.45) is 0 Å². The Labute approximate surface area is 164 Å². The lowest BCUT2D eigenvalue weighted by Crippen LogP contribution is -2.50. The summed E-state index contributed by atoms with van der Waals surface area (Å²) in [6.45, 7) is 3.45. The molecular formula is C20H23ClN4O2. The molecule has 1 heterocycles. The summed E-state index contributed by atoms with van der Waals surface area (Å²) in [6, 6.07) is 16.4. The smallest absolute Gasteiger partial charge is 0.321 e. The second-order valence-corrected chi connectivity index (χ2v) is 6.87. The number of benzene rings is 2. The predicted octanol–water partition coefficient (Wildman–Crippen LogP) is 3.52. The van der Waals surface area contributed by atoms with Gasteiger partial charge in [-0.25, -0.2) is 4.79 Å². The van der Waals surface area contributed by atoms with Crippen molar-refractivity contribution in [3.63, 3.8) is 0 Å². The molecule has 3 amide bonds. The van der Waals surface area contributed by atoms with E-state index in [-0.39, 0.29) is 11.9 Å². The normalized spacial score (nSPS) is 14.6. The van der Waals surface area contributed by atoms with Gasteiger partial charge >= 0.3 is 6.03 Å². The zero-order chi connectivity index (χ0) is 19.1. The quantitative estimate of drug-likeness (QED) is 0.826. The third kappa shape index (κ3) is 5.98. The summed E-state index contributed by atoms with van der Waals surface area (Å²) in [5.74, 6) is 0.00216. The van der Waals surface area contributed by atoms with Crippen molar-refractivity contribution < 1.29 is 9.59 Å². The molecule has 1 aliphatic heterocycles. The maximum atomic E-state index is 12.3. The lowest BCUT2D eigenvalue weighted by molar-refractivity contribution is -0.116. The maximum Gasteiger partial charge on any atom is 0.321 e. The molecule has 6 nitrogen and oxygen atoms in total. The van der Waals surface area contributed by atoms with Crippen molar-refractivity contribution in [2.45, 2.75) is 6.42 Å². The molecule has 0 aromatic heterocycles. The Hall–Kier alpha value is -2.57. The molecule has 2 aromatic carbocycles. The molecule has 1 aliphatic rings. The number of carbonyl (C=O) groups is 2. The number of amides is 3. The lowest BCUT2D eigenvalue weighted by atomic mass is 10.2. The van der Waals surface area contributed by atoms with Gasteiger partial charge in [0, 0.05) is 55.5 Å². The van der Waals surface area contributed by atoms with E-state index in [1.54, 1.807) is 23.1 Å². The second-order valence-electron chi connectivity index (χ2n) is 6.43.